The summed E-state index contributed by atoms with van der Waals surface area (Å²) in [7, 11) is 0. The molecule has 3 rings (SSSR count). The molecule has 1 fully saturated rings. The second kappa shape index (κ2) is 7.77. The molecule has 0 heterocycles. The summed E-state index contributed by atoms with van der Waals surface area (Å²) in [6.07, 6.45) is 4.14. The molecule has 1 aliphatic carbocycles. The maximum absolute atomic E-state index is 12.4. The van der Waals surface area contributed by atoms with E-state index in [0.29, 0.717) is 16.9 Å². The van der Waals surface area contributed by atoms with Crippen LogP contribution in [0.2, 0.25) is 0 Å². The van der Waals surface area contributed by atoms with Gasteiger partial charge in [0.15, 0.2) is 12.4 Å². The number of ether oxygens (including phenoxy) is 2. The summed E-state index contributed by atoms with van der Waals surface area (Å²) in [4.78, 5) is 24.2. The summed E-state index contributed by atoms with van der Waals surface area (Å²) in [5, 5.41) is 0. The van der Waals surface area contributed by atoms with Crippen molar-refractivity contribution in [3.05, 3.63) is 65.7 Å². The van der Waals surface area contributed by atoms with Crippen molar-refractivity contribution in [2.75, 3.05) is 6.61 Å². The SMILES string of the molecule is O=C(COc1cccc(C(=O)c2ccccc2)c1)OC1CCCC1. The van der Waals surface area contributed by atoms with Crippen LogP contribution >= 0.6 is 0 Å². The Morgan fingerprint density at radius 2 is 1.62 bits per heavy atom. The third-order valence-electron chi connectivity index (χ3n) is 4.09. The van der Waals surface area contributed by atoms with Crippen LogP contribution in [-0.2, 0) is 9.53 Å². The number of ketones is 1. The van der Waals surface area contributed by atoms with E-state index in [9.17, 15) is 9.59 Å². The normalized spacial score (nSPS) is 14.3. The predicted molar refractivity (Wildman–Crippen MR) is 90.2 cm³/mol. The predicted octanol–water partition coefficient (Wildman–Crippen LogP) is 3.78. The smallest absolute Gasteiger partial charge is 0.344 e. The zero-order valence-electron chi connectivity index (χ0n) is 13.4. The first-order valence-corrected chi connectivity index (χ1v) is 8.24. The van der Waals surface area contributed by atoms with Gasteiger partial charge in [-0.05, 0) is 37.8 Å². The Morgan fingerprint density at radius 3 is 2.38 bits per heavy atom. The average Bonchev–Trinajstić information content (AvgIpc) is 3.13. The molecule has 0 aliphatic heterocycles. The van der Waals surface area contributed by atoms with Crippen LogP contribution in [0.1, 0.15) is 41.6 Å². The Hall–Kier alpha value is -2.62. The van der Waals surface area contributed by atoms with Crippen LogP contribution < -0.4 is 4.74 Å². The van der Waals surface area contributed by atoms with Crippen molar-refractivity contribution < 1.29 is 19.1 Å². The zero-order valence-corrected chi connectivity index (χ0v) is 13.4. The quantitative estimate of drug-likeness (QED) is 0.599. The van der Waals surface area contributed by atoms with Crippen LogP contribution in [0.25, 0.3) is 0 Å². The maximum atomic E-state index is 12.4. The Morgan fingerprint density at radius 1 is 0.917 bits per heavy atom. The number of esters is 1. The highest BCUT2D eigenvalue weighted by Gasteiger charge is 2.19. The minimum atomic E-state index is -0.360. The van der Waals surface area contributed by atoms with Gasteiger partial charge in [0.2, 0.25) is 0 Å². The Bertz CT molecular complexity index is 703. The van der Waals surface area contributed by atoms with Crippen LogP contribution in [0.15, 0.2) is 54.6 Å². The van der Waals surface area contributed by atoms with Gasteiger partial charge in [-0.1, -0.05) is 42.5 Å². The molecule has 0 aromatic heterocycles. The van der Waals surface area contributed by atoms with Crippen LogP contribution in [0.5, 0.6) is 5.75 Å². The standard InChI is InChI=1S/C20H20O4/c21-19(24-17-10-4-5-11-17)14-23-18-12-6-9-16(13-18)20(22)15-7-2-1-3-8-15/h1-3,6-9,12-13,17H,4-5,10-11,14H2. The Balaban J connectivity index is 1.59. The van der Waals surface area contributed by atoms with E-state index in [2.05, 4.69) is 0 Å². The summed E-state index contributed by atoms with van der Waals surface area (Å²) < 4.78 is 10.8. The van der Waals surface area contributed by atoms with Crippen LogP contribution in [0.3, 0.4) is 0 Å². The number of benzene rings is 2. The molecular formula is C20H20O4. The molecule has 0 amide bonds. The van der Waals surface area contributed by atoms with Crippen LogP contribution in [-0.4, -0.2) is 24.5 Å². The van der Waals surface area contributed by atoms with Gasteiger partial charge in [-0.25, -0.2) is 4.79 Å². The van der Waals surface area contributed by atoms with Crippen molar-refractivity contribution in [2.24, 2.45) is 0 Å². The topological polar surface area (TPSA) is 52.6 Å². The van der Waals surface area contributed by atoms with Crippen molar-refractivity contribution in [3.8, 4) is 5.75 Å². The van der Waals surface area contributed by atoms with Crippen molar-refractivity contribution in [2.45, 2.75) is 31.8 Å². The van der Waals surface area contributed by atoms with E-state index < -0.39 is 0 Å². The highest BCUT2D eigenvalue weighted by atomic mass is 16.6. The highest BCUT2D eigenvalue weighted by Crippen LogP contribution is 2.21. The molecule has 0 unspecified atom stereocenters. The van der Waals surface area contributed by atoms with E-state index in [-0.39, 0.29) is 24.5 Å². The van der Waals surface area contributed by atoms with Gasteiger partial charge < -0.3 is 9.47 Å². The molecule has 2 aromatic carbocycles. The number of carbonyl (C=O) groups excluding carboxylic acids is 2. The van der Waals surface area contributed by atoms with Crippen LogP contribution in [0, 0.1) is 0 Å². The number of hydrogen-bond acceptors (Lipinski definition) is 4. The van der Waals surface area contributed by atoms with Crippen molar-refractivity contribution in [1.29, 1.82) is 0 Å². The summed E-state index contributed by atoms with van der Waals surface area (Å²) in [5.74, 6) is 0.0522. The molecular weight excluding hydrogens is 304 g/mol. The first kappa shape index (κ1) is 16.2. The molecule has 2 aromatic rings. The molecule has 1 saturated carbocycles. The molecule has 0 atom stereocenters. The first-order chi connectivity index (χ1) is 11.7. The van der Waals surface area contributed by atoms with Crippen LogP contribution in [0.4, 0.5) is 0 Å². The van der Waals surface area contributed by atoms with Gasteiger partial charge in [0.25, 0.3) is 0 Å². The fourth-order valence-corrected chi connectivity index (χ4v) is 2.85. The van der Waals surface area contributed by atoms with E-state index in [1.807, 2.05) is 18.2 Å². The third-order valence-corrected chi connectivity index (χ3v) is 4.09. The van der Waals surface area contributed by atoms with Gasteiger partial charge in [0.1, 0.15) is 11.9 Å². The molecule has 4 nitrogen and oxygen atoms in total. The summed E-state index contributed by atoms with van der Waals surface area (Å²) in [6.45, 7) is -0.139. The maximum Gasteiger partial charge on any atom is 0.344 e. The largest absolute Gasteiger partial charge is 0.482 e. The lowest BCUT2D eigenvalue weighted by molar-refractivity contribution is -0.151. The van der Waals surface area contributed by atoms with Gasteiger partial charge in [0, 0.05) is 11.1 Å². The number of carbonyl (C=O) groups is 2. The van der Waals surface area contributed by atoms with E-state index in [0.717, 1.165) is 25.7 Å². The summed E-state index contributed by atoms with van der Waals surface area (Å²) >= 11 is 0. The average molecular weight is 324 g/mol. The van der Waals surface area contributed by atoms with E-state index in [1.165, 1.54) is 0 Å². The molecule has 24 heavy (non-hydrogen) atoms. The number of hydrogen-bond donors (Lipinski definition) is 0. The van der Waals surface area contributed by atoms with Crippen molar-refractivity contribution in [3.63, 3.8) is 0 Å². The fourth-order valence-electron chi connectivity index (χ4n) is 2.85. The Labute approximate surface area is 141 Å². The van der Waals surface area contributed by atoms with E-state index in [1.54, 1.807) is 36.4 Å². The lowest BCUT2D eigenvalue weighted by Crippen LogP contribution is -2.20. The third kappa shape index (κ3) is 4.22. The number of rotatable bonds is 6. The van der Waals surface area contributed by atoms with Gasteiger partial charge in [-0.3, -0.25) is 4.79 Å². The van der Waals surface area contributed by atoms with E-state index >= 15 is 0 Å². The lowest BCUT2D eigenvalue weighted by Gasteiger charge is -2.12. The molecule has 0 N–H and O–H groups in total. The van der Waals surface area contributed by atoms with Crippen molar-refractivity contribution in [1.82, 2.24) is 0 Å². The molecule has 4 heteroatoms. The molecule has 0 radical (unpaired) electrons. The van der Waals surface area contributed by atoms with Gasteiger partial charge in [-0.15, -0.1) is 0 Å². The summed E-state index contributed by atoms with van der Waals surface area (Å²) in [6, 6.07) is 15.9. The summed E-state index contributed by atoms with van der Waals surface area (Å²) in [5.41, 5.74) is 1.15. The monoisotopic (exact) mass is 324 g/mol. The van der Waals surface area contributed by atoms with Crippen molar-refractivity contribution >= 4 is 11.8 Å². The van der Waals surface area contributed by atoms with Gasteiger partial charge in [0.05, 0.1) is 0 Å². The molecule has 0 saturated heterocycles. The lowest BCUT2D eigenvalue weighted by atomic mass is 10.0. The first-order valence-electron chi connectivity index (χ1n) is 8.24. The Kier molecular flexibility index (Phi) is 5.26. The van der Waals surface area contributed by atoms with Gasteiger partial charge >= 0.3 is 5.97 Å². The minimum absolute atomic E-state index is 0.0343. The molecule has 124 valence electrons. The molecule has 0 bridgehead atoms. The molecule has 1 aliphatic rings. The fraction of sp³-hybridized carbons (Fsp3) is 0.300. The second-order valence-electron chi connectivity index (χ2n) is 5.91. The minimum Gasteiger partial charge on any atom is -0.482 e. The van der Waals surface area contributed by atoms with Gasteiger partial charge in [-0.2, -0.15) is 0 Å². The second-order valence-corrected chi connectivity index (χ2v) is 5.91. The highest BCUT2D eigenvalue weighted by molar-refractivity contribution is 6.09. The van der Waals surface area contributed by atoms with E-state index in [4.69, 9.17) is 9.47 Å². The molecule has 0 spiro atoms. The zero-order chi connectivity index (χ0) is 16.8.